The van der Waals surface area contributed by atoms with E-state index in [-0.39, 0.29) is 0 Å². The van der Waals surface area contributed by atoms with Gasteiger partial charge in [0.1, 0.15) is 5.82 Å². The zero-order valence-corrected chi connectivity index (χ0v) is 11.4. The van der Waals surface area contributed by atoms with Crippen molar-refractivity contribution < 1.29 is 4.79 Å². The van der Waals surface area contributed by atoms with Crippen LogP contribution in [0, 0.1) is 0 Å². The second-order valence-electron chi connectivity index (χ2n) is 5.16. The van der Waals surface area contributed by atoms with Crippen LogP contribution in [0.25, 0.3) is 0 Å². The Hall–Kier alpha value is -1.82. The minimum Gasteiger partial charge on any atom is -0.397 e. The van der Waals surface area contributed by atoms with E-state index in [4.69, 9.17) is 11.5 Å². The molecule has 1 fully saturated rings. The van der Waals surface area contributed by atoms with Gasteiger partial charge in [0.25, 0.3) is 5.91 Å². The molecule has 1 saturated carbocycles. The number of nitrogens with zero attached hydrogens (tertiary/aromatic N) is 2. The lowest BCUT2D eigenvalue weighted by atomic mass is 10.2. The summed E-state index contributed by atoms with van der Waals surface area (Å²) in [5.74, 6) is -0.0248. The van der Waals surface area contributed by atoms with E-state index >= 15 is 0 Å². The predicted molar refractivity (Wildman–Crippen MR) is 75.9 cm³/mol. The van der Waals surface area contributed by atoms with Gasteiger partial charge >= 0.3 is 0 Å². The molecule has 1 amide bonds. The molecule has 0 bridgehead atoms. The van der Waals surface area contributed by atoms with E-state index in [1.807, 2.05) is 0 Å². The number of carbonyl (C=O) groups excluding carboxylic acids is 1. The number of nitrogens with one attached hydrogen (secondary N) is 1. The number of hydrogen-bond acceptors (Lipinski definition) is 5. The van der Waals surface area contributed by atoms with E-state index in [9.17, 15) is 4.79 Å². The third-order valence-corrected chi connectivity index (χ3v) is 3.56. The lowest BCUT2D eigenvalue weighted by Gasteiger charge is -2.25. The molecule has 0 radical (unpaired) electrons. The molecule has 2 rings (SSSR count). The molecule has 1 heterocycles. The highest BCUT2D eigenvalue weighted by Gasteiger charge is 2.29. The van der Waals surface area contributed by atoms with Gasteiger partial charge in [-0.05, 0) is 32.9 Å². The summed E-state index contributed by atoms with van der Waals surface area (Å²) < 4.78 is 0. The first-order chi connectivity index (χ1) is 8.99. The van der Waals surface area contributed by atoms with Crippen molar-refractivity contribution in [3.05, 3.63) is 17.8 Å². The SMILES string of the molecule is CC(CNc1ncc(N)cc1C(N)=O)N(C)C1CC1. The lowest BCUT2D eigenvalue weighted by Crippen LogP contribution is -2.36. The number of primary amides is 1. The highest BCUT2D eigenvalue weighted by atomic mass is 16.1. The average molecular weight is 263 g/mol. The Morgan fingerprint density at radius 1 is 1.63 bits per heavy atom. The Balaban J connectivity index is 2.00. The van der Waals surface area contributed by atoms with Crippen molar-refractivity contribution in [2.45, 2.75) is 31.8 Å². The van der Waals surface area contributed by atoms with E-state index in [1.54, 1.807) is 6.07 Å². The number of pyridine rings is 1. The first kappa shape index (κ1) is 13.6. The van der Waals surface area contributed by atoms with Gasteiger partial charge in [-0.1, -0.05) is 0 Å². The van der Waals surface area contributed by atoms with Crippen molar-refractivity contribution in [1.82, 2.24) is 9.88 Å². The Morgan fingerprint density at radius 3 is 2.89 bits per heavy atom. The van der Waals surface area contributed by atoms with Crippen LogP contribution in [0.1, 0.15) is 30.1 Å². The second kappa shape index (κ2) is 5.44. The summed E-state index contributed by atoms with van der Waals surface area (Å²) in [5, 5.41) is 3.18. The van der Waals surface area contributed by atoms with Crippen LogP contribution in [0.4, 0.5) is 11.5 Å². The molecule has 104 valence electrons. The van der Waals surface area contributed by atoms with E-state index in [0.717, 1.165) is 0 Å². The fourth-order valence-electron chi connectivity index (χ4n) is 2.04. The van der Waals surface area contributed by atoms with E-state index in [0.29, 0.717) is 35.7 Å². The van der Waals surface area contributed by atoms with Gasteiger partial charge in [-0.3, -0.25) is 9.69 Å². The van der Waals surface area contributed by atoms with Crippen molar-refractivity contribution in [1.29, 1.82) is 0 Å². The van der Waals surface area contributed by atoms with Gasteiger partial charge in [-0.15, -0.1) is 0 Å². The maximum Gasteiger partial charge on any atom is 0.252 e. The molecule has 0 aliphatic heterocycles. The molecule has 6 heteroatoms. The maximum absolute atomic E-state index is 11.3. The van der Waals surface area contributed by atoms with Crippen molar-refractivity contribution in [2.24, 2.45) is 5.73 Å². The first-order valence-electron chi connectivity index (χ1n) is 6.50. The Kier molecular flexibility index (Phi) is 3.90. The Labute approximate surface area is 113 Å². The number of anilines is 2. The molecular weight excluding hydrogens is 242 g/mol. The highest BCUT2D eigenvalue weighted by molar-refractivity contribution is 5.98. The van der Waals surface area contributed by atoms with Gasteiger partial charge in [0, 0.05) is 18.6 Å². The third kappa shape index (κ3) is 3.35. The molecule has 1 aromatic heterocycles. The van der Waals surface area contributed by atoms with Gasteiger partial charge < -0.3 is 16.8 Å². The monoisotopic (exact) mass is 263 g/mol. The first-order valence-corrected chi connectivity index (χ1v) is 6.50. The van der Waals surface area contributed by atoms with Crippen molar-refractivity contribution in [3.63, 3.8) is 0 Å². The lowest BCUT2D eigenvalue weighted by molar-refractivity contribution is 0.100. The Bertz CT molecular complexity index is 472. The summed E-state index contributed by atoms with van der Waals surface area (Å²) in [6.45, 7) is 2.86. The number of amides is 1. The summed E-state index contributed by atoms with van der Waals surface area (Å²) in [4.78, 5) is 17.8. The molecule has 0 saturated heterocycles. The summed E-state index contributed by atoms with van der Waals surface area (Å²) in [6, 6.07) is 2.62. The number of nitrogens with two attached hydrogens (primary N) is 2. The number of rotatable bonds is 6. The van der Waals surface area contributed by atoms with Gasteiger partial charge in [0.2, 0.25) is 0 Å². The zero-order valence-electron chi connectivity index (χ0n) is 11.4. The van der Waals surface area contributed by atoms with Gasteiger partial charge in [-0.2, -0.15) is 0 Å². The summed E-state index contributed by atoms with van der Waals surface area (Å²) in [7, 11) is 2.12. The molecule has 1 unspecified atom stereocenters. The largest absolute Gasteiger partial charge is 0.397 e. The Morgan fingerprint density at radius 2 is 2.32 bits per heavy atom. The minimum atomic E-state index is -0.523. The number of hydrogen-bond donors (Lipinski definition) is 3. The van der Waals surface area contributed by atoms with Gasteiger partial charge in [-0.25, -0.2) is 4.98 Å². The molecule has 0 aromatic carbocycles. The van der Waals surface area contributed by atoms with Gasteiger partial charge in [0.05, 0.1) is 17.4 Å². The van der Waals surface area contributed by atoms with Crippen LogP contribution in [-0.4, -0.2) is 41.5 Å². The number of nitrogen functional groups attached to an aromatic ring is 1. The number of carbonyl (C=O) groups is 1. The molecule has 1 aliphatic rings. The summed E-state index contributed by atoms with van der Waals surface area (Å²) >= 11 is 0. The van der Waals surface area contributed by atoms with Gasteiger partial charge in [0.15, 0.2) is 0 Å². The van der Waals surface area contributed by atoms with Crippen LogP contribution in [-0.2, 0) is 0 Å². The smallest absolute Gasteiger partial charge is 0.252 e. The quantitative estimate of drug-likeness (QED) is 0.700. The predicted octanol–water partition coefficient (Wildman–Crippen LogP) is 0.657. The van der Waals surface area contributed by atoms with Crippen molar-refractivity contribution >= 4 is 17.4 Å². The van der Waals surface area contributed by atoms with Crippen LogP contribution < -0.4 is 16.8 Å². The van der Waals surface area contributed by atoms with E-state index in [1.165, 1.54) is 19.0 Å². The van der Waals surface area contributed by atoms with Crippen LogP contribution in [0.2, 0.25) is 0 Å². The average Bonchev–Trinajstić information content (AvgIpc) is 3.20. The standard InChI is InChI=1S/C13H21N5O/c1-8(18(2)10-3-4-10)6-16-13-11(12(15)19)5-9(14)7-17-13/h5,7-8,10H,3-4,6,14H2,1-2H3,(H2,15,19)(H,16,17). The van der Waals surface area contributed by atoms with Crippen LogP contribution >= 0.6 is 0 Å². The molecule has 1 aliphatic carbocycles. The van der Waals surface area contributed by atoms with Crippen molar-refractivity contribution in [2.75, 3.05) is 24.6 Å². The molecule has 1 atom stereocenters. The minimum absolute atomic E-state index is 0.335. The van der Waals surface area contributed by atoms with E-state index in [2.05, 4.69) is 29.2 Å². The molecular formula is C13H21N5O. The third-order valence-electron chi connectivity index (χ3n) is 3.56. The van der Waals surface area contributed by atoms with Crippen molar-refractivity contribution in [3.8, 4) is 0 Å². The molecule has 1 aromatic rings. The van der Waals surface area contributed by atoms with E-state index < -0.39 is 5.91 Å². The topological polar surface area (TPSA) is 97.3 Å². The number of likely N-dealkylation sites (N-methyl/N-ethyl adjacent to an activating group) is 1. The molecule has 19 heavy (non-hydrogen) atoms. The summed E-state index contributed by atoms with van der Waals surface area (Å²) in [6.07, 6.45) is 4.06. The normalized spacial score (nSPS) is 16.4. The highest BCUT2D eigenvalue weighted by Crippen LogP contribution is 2.27. The molecule has 0 spiro atoms. The molecule has 6 nitrogen and oxygen atoms in total. The van der Waals surface area contributed by atoms with Crippen LogP contribution in [0.15, 0.2) is 12.3 Å². The van der Waals surface area contributed by atoms with Crippen LogP contribution in [0.5, 0.6) is 0 Å². The zero-order chi connectivity index (χ0) is 14.0. The number of aromatic nitrogens is 1. The summed E-state index contributed by atoms with van der Waals surface area (Å²) in [5.41, 5.74) is 11.7. The molecule has 5 N–H and O–H groups in total. The van der Waals surface area contributed by atoms with Crippen LogP contribution in [0.3, 0.4) is 0 Å². The fraction of sp³-hybridized carbons (Fsp3) is 0.538. The fourth-order valence-corrected chi connectivity index (χ4v) is 2.04. The second-order valence-corrected chi connectivity index (χ2v) is 5.16. The maximum atomic E-state index is 11.3.